The fraction of sp³-hybridized carbons (Fsp3) is 0.143. The summed E-state index contributed by atoms with van der Waals surface area (Å²) in [7, 11) is 0. The molecule has 0 aliphatic carbocycles. The number of halogens is 4. The molecule has 0 fully saturated rings. The van der Waals surface area contributed by atoms with Crippen LogP contribution >= 0.6 is 45.8 Å². The zero-order chi connectivity index (χ0) is 14.0. The molecule has 100 valence electrons. The Morgan fingerprint density at radius 3 is 2.58 bits per heavy atom. The van der Waals surface area contributed by atoms with Gasteiger partial charge in [0.25, 0.3) is 0 Å². The highest BCUT2D eigenvalue weighted by atomic mass is 127. The molecule has 2 rings (SSSR count). The van der Waals surface area contributed by atoms with Crippen LogP contribution < -0.4 is 5.73 Å². The van der Waals surface area contributed by atoms with Gasteiger partial charge in [-0.2, -0.15) is 0 Å². The van der Waals surface area contributed by atoms with Gasteiger partial charge in [0.2, 0.25) is 0 Å². The highest BCUT2D eigenvalue weighted by molar-refractivity contribution is 14.1. The van der Waals surface area contributed by atoms with E-state index in [4.69, 9.17) is 28.9 Å². The lowest BCUT2D eigenvalue weighted by Crippen LogP contribution is -2.15. The Hall–Kier alpha value is -0.360. The van der Waals surface area contributed by atoms with Crippen molar-refractivity contribution in [2.75, 3.05) is 0 Å². The second-order valence-corrected chi connectivity index (χ2v) is 6.22. The van der Waals surface area contributed by atoms with Crippen LogP contribution in [0.4, 0.5) is 4.39 Å². The van der Waals surface area contributed by atoms with Crippen LogP contribution in [0.25, 0.3) is 0 Å². The predicted octanol–water partition coefficient (Wildman–Crippen LogP) is 4.98. The first kappa shape index (κ1) is 15.0. The van der Waals surface area contributed by atoms with E-state index in [-0.39, 0.29) is 11.9 Å². The van der Waals surface area contributed by atoms with Crippen molar-refractivity contribution in [2.45, 2.75) is 12.5 Å². The fourth-order valence-electron chi connectivity index (χ4n) is 1.85. The Labute approximate surface area is 135 Å². The minimum Gasteiger partial charge on any atom is -0.324 e. The molecule has 0 aliphatic heterocycles. The second-order valence-electron chi connectivity index (χ2n) is 4.21. The summed E-state index contributed by atoms with van der Waals surface area (Å²) in [4.78, 5) is 0. The van der Waals surface area contributed by atoms with Gasteiger partial charge in [-0.1, -0.05) is 29.3 Å². The molecule has 0 spiro atoms. The summed E-state index contributed by atoms with van der Waals surface area (Å²) in [5.74, 6) is -0.263. The molecule has 19 heavy (non-hydrogen) atoms. The first-order valence-electron chi connectivity index (χ1n) is 5.62. The minimum atomic E-state index is -0.263. The molecular formula is C14H11Cl2FIN. The molecule has 2 N–H and O–H groups in total. The van der Waals surface area contributed by atoms with Crippen LogP contribution in [0.5, 0.6) is 0 Å². The Morgan fingerprint density at radius 1 is 1.16 bits per heavy atom. The monoisotopic (exact) mass is 409 g/mol. The first-order valence-corrected chi connectivity index (χ1v) is 7.45. The number of rotatable bonds is 3. The van der Waals surface area contributed by atoms with E-state index in [2.05, 4.69) is 22.6 Å². The van der Waals surface area contributed by atoms with Gasteiger partial charge < -0.3 is 5.73 Å². The lowest BCUT2D eigenvalue weighted by molar-refractivity contribution is 0.622. The molecule has 2 aromatic rings. The molecule has 1 unspecified atom stereocenters. The van der Waals surface area contributed by atoms with E-state index in [0.717, 1.165) is 14.7 Å². The van der Waals surface area contributed by atoms with Gasteiger partial charge in [0.15, 0.2) is 0 Å². The molecule has 1 atom stereocenters. The molecule has 5 heteroatoms. The van der Waals surface area contributed by atoms with Gasteiger partial charge >= 0.3 is 0 Å². The van der Waals surface area contributed by atoms with Crippen LogP contribution in [0.3, 0.4) is 0 Å². The lowest BCUT2D eigenvalue weighted by Gasteiger charge is -2.15. The van der Waals surface area contributed by atoms with Crippen LogP contribution in [0.15, 0.2) is 36.4 Å². The van der Waals surface area contributed by atoms with Crippen LogP contribution in [0.1, 0.15) is 17.2 Å². The van der Waals surface area contributed by atoms with Crippen molar-refractivity contribution in [2.24, 2.45) is 5.73 Å². The summed E-state index contributed by atoms with van der Waals surface area (Å²) < 4.78 is 13.9. The predicted molar refractivity (Wildman–Crippen MR) is 86.2 cm³/mol. The van der Waals surface area contributed by atoms with E-state index >= 15 is 0 Å². The Bertz CT molecular complexity index is 604. The Balaban J connectivity index is 2.25. The first-order chi connectivity index (χ1) is 8.97. The van der Waals surface area contributed by atoms with Gasteiger partial charge in [-0.25, -0.2) is 4.39 Å². The average molecular weight is 410 g/mol. The van der Waals surface area contributed by atoms with Crippen LogP contribution in [0, 0.1) is 9.39 Å². The van der Waals surface area contributed by atoms with Crippen LogP contribution in [-0.2, 0) is 6.42 Å². The van der Waals surface area contributed by atoms with E-state index in [0.29, 0.717) is 16.5 Å². The third-order valence-corrected chi connectivity index (χ3v) is 4.35. The molecule has 0 saturated heterocycles. The zero-order valence-corrected chi connectivity index (χ0v) is 13.5. The molecule has 0 aromatic heterocycles. The number of hydrogen-bond acceptors (Lipinski definition) is 1. The fourth-order valence-corrected chi connectivity index (χ4v) is 3.12. The van der Waals surface area contributed by atoms with E-state index in [1.165, 1.54) is 12.1 Å². The molecule has 2 aromatic carbocycles. The van der Waals surface area contributed by atoms with Crippen LogP contribution in [0.2, 0.25) is 10.0 Å². The third kappa shape index (κ3) is 3.81. The van der Waals surface area contributed by atoms with Crippen molar-refractivity contribution < 1.29 is 4.39 Å². The summed E-state index contributed by atoms with van der Waals surface area (Å²) in [5.41, 5.74) is 7.96. The molecule has 0 radical (unpaired) electrons. The van der Waals surface area contributed by atoms with Gasteiger partial charge in [0, 0.05) is 19.7 Å². The van der Waals surface area contributed by atoms with Crippen molar-refractivity contribution in [3.8, 4) is 0 Å². The van der Waals surface area contributed by atoms with Crippen molar-refractivity contribution in [1.82, 2.24) is 0 Å². The quantitative estimate of drug-likeness (QED) is 0.711. The smallest absolute Gasteiger partial charge is 0.124 e. The van der Waals surface area contributed by atoms with E-state index < -0.39 is 0 Å². The van der Waals surface area contributed by atoms with Gasteiger partial charge in [-0.15, -0.1) is 0 Å². The summed E-state index contributed by atoms with van der Waals surface area (Å²) in [6.45, 7) is 0. The van der Waals surface area contributed by atoms with Crippen molar-refractivity contribution >= 4 is 45.8 Å². The Morgan fingerprint density at radius 2 is 1.89 bits per heavy atom. The van der Waals surface area contributed by atoms with Gasteiger partial charge in [0.05, 0.1) is 0 Å². The summed E-state index contributed by atoms with van der Waals surface area (Å²) in [5, 5.41) is 1.26. The third-order valence-electron chi connectivity index (χ3n) is 2.81. The highest BCUT2D eigenvalue weighted by Crippen LogP contribution is 2.27. The summed E-state index contributed by atoms with van der Waals surface area (Å²) in [6, 6.07) is 9.64. The summed E-state index contributed by atoms with van der Waals surface area (Å²) in [6.07, 6.45) is 0.557. The standard InChI is InChI=1S/C14H11Cl2FIN/c15-9-1-4-12(16)8(5-9)6-14(19)11-3-2-10(17)7-13(11)18/h1-5,7,14H,6,19H2. The van der Waals surface area contributed by atoms with Gasteiger partial charge in [-0.05, 0) is 70.5 Å². The maximum Gasteiger partial charge on any atom is 0.124 e. The normalized spacial score (nSPS) is 12.5. The maximum atomic E-state index is 13.1. The molecule has 0 bridgehead atoms. The highest BCUT2D eigenvalue weighted by Gasteiger charge is 2.13. The van der Waals surface area contributed by atoms with E-state index in [1.54, 1.807) is 24.3 Å². The summed E-state index contributed by atoms with van der Waals surface area (Å²) >= 11 is 14.1. The van der Waals surface area contributed by atoms with Crippen molar-refractivity contribution in [3.05, 3.63) is 67.0 Å². The Kier molecular flexibility index (Phi) is 5.06. The topological polar surface area (TPSA) is 26.0 Å². The average Bonchev–Trinajstić information content (AvgIpc) is 2.33. The number of nitrogens with two attached hydrogens (primary N) is 1. The minimum absolute atomic E-state index is 0.247. The van der Waals surface area contributed by atoms with Crippen molar-refractivity contribution in [1.29, 1.82) is 0 Å². The lowest BCUT2D eigenvalue weighted by atomic mass is 10.00. The molecule has 0 saturated carbocycles. The second kappa shape index (κ2) is 6.39. The SMILES string of the molecule is NC(Cc1cc(Cl)ccc1Cl)c1ccc(F)cc1I. The van der Waals surface area contributed by atoms with E-state index in [9.17, 15) is 4.39 Å². The van der Waals surface area contributed by atoms with E-state index in [1.807, 2.05) is 0 Å². The van der Waals surface area contributed by atoms with Gasteiger partial charge in [0.1, 0.15) is 5.82 Å². The zero-order valence-electron chi connectivity index (χ0n) is 9.84. The van der Waals surface area contributed by atoms with Crippen LogP contribution in [-0.4, -0.2) is 0 Å². The van der Waals surface area contributed by atoms with Crippen molar-refractivity contribution in [3.63, 3.8) is 0 Å². The van der Waals surface area contributed by atoms with Gasteiger partial charge in [-0.3, -0.25) is 0 Å². The largest absolute Gasteiger partial charge is 0.324 e. The molecule has 1 nitrogen and oxygen atoms in total. The number of hydrogen-bond donors (Lipinski definition) is 1. The molecular weight excluding hydrogens is 399 g/mol. The maximum absolute atomic E-state index is 13.1. The molecule has 0 amide bonds. The molecule has 0 aliphatic rings. The molecule has 0 heterocycles. The number of benzene rings is 2.